The Morgan fingerprint density at radius 3 is 2.67 bits per heavy atom. The molecule has 40 heavy (non-hydrogen) atoms. The standard InChI is InChI=1S/C28H29ClFN5O4S/c1-16(36)27-20-12-18(32-28(39)23-6-3-11-40-23)7-10-22(20)35(33-27)15-25(38)34(19-8-9-19)14-24(37)31-13-17-4-2-5-21(29)26(17)30/h2,4-5,7,10,12,19,23H,3,6,8-9,11,13-15H2,1H3,(H,31,37)(H,32,39). The van der Waals surface area contributed by atoms with Crippen LogP contribution in [-0.2, 0) is 27.5 Å². The van der Waals surface area contributed by atoms with Gasteiger partial charge in [-0.05, 0) is 55.7 Å². The van der Waals surface area contributed by atoms with Gasteiger partial charge in [-0.1, -0.05) is 23.7 Å². The Morgan fingerprint density at radius 1 is 1.18 bits per heavy atom. The second-order valence-electron chi connectivity index (χ2n) is 10.0. The third-order valence-electron chi connectivity index (χ3n) is 6.99. The smallest absolute Gasteiger partial charge is 0.245 e. The van der Waals surface area contributed by atoms with Gasteiger partial charge in [0.05, 0.1) is 22.3 Å². The van der Waals surface area contributed by atoms with E-state index in [-0.39, 0.29) is 64.8 Å². The van der Waals surface area contributed by atoms with Crippen LogP contribution in [0.25, 0.3) is 10.9 Å². The van der Waals surface area contributed by atoms with Gasteiger partial charge < -0.3 is 15.5 Å². The van der Waals surface area contributed by atoms with Gasteiger partial charge in [0.2, 0.25) is 17.7 Å². The summed E-state index contributed by atoms with van der Waals surface area (Å²) in [5.74, 6) is -0.696. The van der Waals surface area contributed by atoms with Crippen molar-refractivity contribution >= 4 is 63.5 Å². The van der Waals surface area contributed by atoms with Gasteiger partial charge >= 0.3 is 0 Å². The molecule has 1 saturated heterocycles. The van der Waals surface area contributed by atoms with Gasteiger partial charge in [-0.2, -0.15) is 5.10 Å². The van der Waals surface area contributed by atoms with Crippen molar-refractivity contribution in [2.75, 3.05) is 17.6 Å². The Labute approximate surface area is 239 Å². The lowest BCUT2D eigenvalue weighted by molar-refractivity contribution is -0.137. The Morgan fingerprint density at radius 2 is 1.98 bits per heavy atom. The van der Waals surface area contributed by atoms with E-state index >= 15 is 0 Å². The first-order valence-electron chi connectivity index (χ1n) is 13.1. The highest BCUT2D eigenvalue weighted by atomic mass is 35.5. The number of amides is 3. The van der Waals surface area contributed by atoms with Crippen LogP contribution in [0.5, 0.6) is 0 Å². The molecule has 1 aliphatic carbocycles. The number of ketones is 1. The predicted octanol–water partition coefficient (Wildman–Crippen LogP) is 4.17. The number of nitrogens with zero attached hydrogens (tertiary/aromatic N) is 3. The van der Waals surface area contributed by atoms with E-state index in [1.807, 2.05) is 0 Å². The zero-order valence-electron chi connectivity index (χ0n) is 21.9. The molecular weight excluding hydrogens is 557 g/mol. The first-order chi connectivity index (χ1) is 19.2. The van der Waals surface area contributed by atoms with Gasteiger partial charge in [0.1, 0.15) is 18.1 Å². The van der Waals surface area contributed by atoms with Crippen LogP contribution in [0.2, 0.25) is 5.02 Å². The van der Waals surface area contributed by atoms with Crippen molar-refractivity contribution in [2.45, 2.75) is 57.0 Å². The van der Waals surface area contributed by atoms with Gasteiger partial charge in [-0.3, -0.25) is 23.9 Å². The molecule has 2 N–H and O–H groups in total. The SMILES string of the molecule is CC(=O)c1nn(CC(=O)N(CC(=O)NCc2cccc(Cl)c2F)C2CC2)c2ccc(NC(=O)C3CCCS3)cc12. The molecule has 3 aromatic rings. The van der Waals surface area contributed by atoms with Crippen LogP contribution in [0.3, 0.4) is 0 Å². The number of anilines is 1. The third kappa shape index (κ3) is 6.31. The number of carbonyl (C=O) groups excluding carboxylic acids is 4. The predicted molar refractivity (Wildman–Crippen MR) is 152 cm³/mol. The highest BCUT2D eigenvalue weighted by molar-refractivity contribution is 8.00. The number of aromatic nitrogens is 2. The number of thioether (sulfide) groups is 1. The molecule has 2 aliphatic rings. The summed E-state index contributed by atoms with van der Waals surface area (Å²) in [4.78, 5) is 52.5. The van der Waals surface area contributed by atoms with E-state index < -0.39 is 11.7 Å². The number of benzene rings is 2. The van der Waals surface area contributed by atoms with Crippen molar-refractivity contribution in [3.8, 4) is 0 Å². The maximum atomic E-state index is 14.2. The van der Waals surface area contributed by atoms with E-state index in [2.05, 4.69) is 15.7 Å². The summed E-state index contributed by atoms with van der Waals surface area (Å²) in [7, 11) is 0. The van der Waals surface area contributed by atoms with E-state index in [9.17, 15) is 23.6 Å². The van der Waals surface area contributed by atoms with Gasteiger partial charge in [0.25, 0.3) is 0 Å². The summed E-state index contributed by atoms with van der Waals surface area (Å²) in [5, 5.41) is 10.4. The molecule has 5 rings (SSSR count). The number of hydrogen-bond donors (Lipinski definition) is 2. The van der Waals surface area contributed by atoms with Crippen molar-refractivity contribution in [3.05, 3.63) is 58.5 Å². The average Bonchev–Trinajstić information content (AvgIpc) is 3.48. The molecule has 2 aromatic carbocycles. The molecule has 1 unspecified atom stereocenters. The van der Waals surface area contributed by atoms with Crippen LogP contribution in [0.4, 0.5) is 10.1 Å². The molecule has 1 atom stereocenters. The quantitative estimate of drug-likeness (QED) is 0.345. The van der Waals surface area contributed by atoms with Gasteiger partial charge in [0, 0.05) is 36.1 Å². The maximum absolute atomic E-state index is 14.2. The van der Waals surface area contributed by atoms with Crippen molar-refractivity contribution in [3.63, 3.8) is 0 Å². The van der Waals surface area contributed by atoms with Crippen LogP contribution in [-0.4, -0.2) is 61.8 Å². The first-order valence-corrected chi connectivity index (χ1v) is 14.6. The molecule has 2 fully saturated rings. The molecule has 1 saturated carbocycles. The number of nitrogens with one attached hydrogen (secondary N) is 2. The molecule has 0 bridgehead atoms. The largest absolute Gasteiger partial charge is 0.350 e. The summed E-state index contributed by atoms with van der Waals surface area (Å²) in [6.45, 7) is 1.00. The molecule has 210 valence electrons. The summed E-state index contributed by atoms with van der Waals surface area (Å²) >= 11 is 7.45. The van der Waals surface area contributed by atoms with Crippen molar-refractivity contribution in [2.24, 2.45) is 0 Å². The lowest BCUT2D eigenvalue weighted by Gasteiger charge is -2.22. The van der Waals surface area contributed by atoms with Crippen molar-refractivity contribution in [1.82, 2.24) is 20.0 Å². The summed E-state index contributed by atoms with van der Waals surface area (Å²) < 4.78 is 15.6. The third-order valence-corrected chi connectivity index (χ3v) is 8.66. The molecule has 1 aliphatic heterocycles. The summed E-state index contributed by atoms with van der Waals surface area (Å²) in [5.41, 5.74) is 1.59. The molecular formula is C28H29ClFN5O4S. The molecule has 1 aromatic heterocycles. The van der Waals surface area contributed by atoms with E-state index in [4.69, 9.17) is 11.6 Å². The van der Waals surface area contributed by atoms with Crippen molar-refractivity contribution < 1.29 is 23.6 Å². The highest BCUT2D eigenvalue weighted by Crippen LogP contribution is 2.30. The van der Waals surface area contributed by atoms with Crippen LogP contribution in [0, 0.1) is 5.82 Å². The highest BCUT2D eigenvalue weighted by Gasteiger charge is 2.34. The molecule has 12 heteroatoms. The Balaban J connectivity index is 1.29. The zero-order chi connectivity index (χ0) is 28.4. The van der Waals surface area contributed by atoms with Gasteiger partial charge in [0.15, 0.2) is 5.78 Å². The van der Waals surface area contributed by atoms with Crippen molar-refractivity contribution in [1.29, 1.82) is 0 Å². The van der Waals surface area contributed by atoms with E-state index in [0.29, 0.717) is 16.6 Å². The number of carbonyl (C=O) groups is 4. The topological polar surface area (TPSA) is 113 Å². The Hall–Kier alpha value is -3.44. The maximum Gasteiger partial charge on any atom is 0.245 e. The Kier molecular flexibility index (Phi) is 8.41. The lowest BCUT2D eigenvalue weighted by atomic mass is 10.1. The molecule has 0 spiro atoms. The van der Waals surface area contributed by atoms with Crippen LogP contribution >= 0.6 is 23.4 Å². The van der Waals surface area contributed by atoms with E-state index in [1.165, 1.54) is 28.6 Å². The average molecular weight is 586 g/mol. The second kappa shape index (κ2) is 12.0. The van der Waals surface area contributed by atoms with Crippen LogP contribution in [0.1, 0.15) is 48.7 Å². The fourth-order valence-corrected chi connectivity index (χ4v) is 6.12. The number of hydrogen-bond acceptors (Lipinski definition) is 6. The molecule has 2 heterocycles. The second-order valence-corrected chi connectivity index (χ2v) is 11.7. The minimum absolute atomic E-state index is 0.0276. The summed E-state index contributed by atoms with van der Waals surface area (Å²) in [6.07, 6.45) is 3.41. The number of halogens is 2. The number of rotatable bonds is 10. The fraction of sp³-hybridized carbons (Fsp3) is 0.393. The number of fused-ring (bicyclic) bond motifs is 1. The normalized spacial score (nSPS) is 16.6. The summed E-state index contributed by atoms with van der Waals surface area (Å²) in [6, 6.07) is 9.66. The lowest BCUT2D eigenvalue weighted by Crippen LogP contribution is -2.43. The van der Waals surface area contributed by atoms with Gasteiger partial charge in [-0.15, -0.1) is 11.8 Å². The molecule has 9 nitrogen and oxygen atoms in total. The minimum atomic E-state index is -0.591. The molecule has 3 amide bonds. The van der Waals surface area contributed by atoms with E-state index in [0.717, 1.165) is 31.4 Å². The minimum Gasteiger partial charge on any atom is -0.350 e. The van der Waals surface area contributed by atoms with Crippen LogP contribution < -0.4 is 10.6 Å². The fourth-order valence-electron chi connectivity index (χ4n) is 4.76. The Bertz CT molecular complexity index is 1480. The van der Waals surface area contributed by atoms with Gasteiger partial charge in [-0.25, -0.2) is 4.39 Å². The molecule has 0 radical (unpaired) electrons. The first kappa shape index (κ1) is 28.1. The number of Topliss-reactive ketones (excluding diaryl/α,β-unsaturated/α-hetero) is 1. The monoisotopic (exact) mass is 585 g/mol. The zero-order valence-corrected chi connectivity index (χ0v) is 23.5. The van der Waals surface area contributed by atoms with Crippen LogP contribution in [0.15, 0.2) is 36.4 Å². The van der Waals surface area contributed by atoms with E-state index in [1.54, 1.807) is 36.0 Å².